The van der Waals surface area contributed by atoms with Gasteiger partial charge in [-0.15, -0.1) is 22.7 Å². The fraction of sp³-hybridized carbons (Fsp3) is 0.273. The predicted molar refractivity (Wildman–Crippen MR) is 124 cm³/mol. The number of esters is 1. The van der Waals surface area contributed by atoms with Gasteiger partial charge in [-0.1, -0.05) is 29.8 Å². The Hall–Kier alpha value is -2.93. The first-order valence-electron chi connectivity index (χ1n) is 9.93. The van der Waals surface area contributed by atoms with Crippen molar-refractivity contribution in [2.75, 3.05) is 18.5 Å². The number of amides is 2. The minimum absolute atomic E-state index is 0.309. The van der Waals surface area contributed by atoms with E-state index in [9.17, 15) is 19.6 Å². The molecule has 1 aliphatic rings. The molecular weight excluding hydrogens is 470 g/mol. The van der Waals surface area contributed by atoms with Gasteiger partial charge >= 0.3 is 5.97 Å². The van der Waals surface area contributed by atoms with Gasteiger partial charge in [0, 0.05) is 15.0 Å². The van der Waals surface area contributed by atoms with Crippen LogP contribution in [0.25, 0.3) is 10.1 Å². The number of anilines is 1. The maximum atomic E-state index is 12.4. The Morgan fingerprint density at radius 2 is 1.94 bits per heavy atom. The number of thiophene rings is 2. The van der Waals surface area contributed by atoms with Crippen molar-refractivity contribution < 1.29 is 19.1 Å². The SMILES string of the molecule is N#Cc1c(NC(=O)COC(=O)CNC(=O)c2sc3ccccc3c2Cl)sc2c1CCCC2. The van der Waals surface area contributed by atoms with Crippen molar-refractivity contribution >= 4 is 67.1 Å². The van der Waals surface area contributed by atoms with Gasteiger partial charge in [-0.2, -0.15) is 5.26 Å². The van der Waals surface area contributed by atoms with Crippen molar-refractivity contribution in [3.8, 4) is 6.07 Å². The zero-order valence-corrected chi connectivity index (χ0v) is 19.2. The highest BCUT2D eigenvalue weighted by Crippen LogP contribution is 2.37. The van der Waals surface area contributed by atoms with Crippen molar-refractivity contribution in [3.05, 3.63) is 50.2 Å². The number of rotatable bonds is 6. The van der Waals surface area contributed by atoms with Crippen LogP contribution >= 0.6 is 34.3 Å². The van der Waals surface area contributed by atoms with E-state index in [0.29, 0.717) is 20.5 Å². The fourth-order valence-corrected chi connectivity index (χ4v) is 6.21. The Morgan fingerprint density at radius 1 is 1.16 bits per heavy atom. The number of aryl methyl sites for hydroxylation is 1. The molecule has 0 atom stereocenters. The molecule has 0 spiro atoms. The van der Waals surface area contributed by atoms with Crippen LogP contribution in [-0.4, -0.2) is 30.9 Å². The highest BCUT2D eigenvalue weighted by Gasteiger charge is 2.22. The summed E-state index contributed by atoms with van der Waals surface area (Å²) in [6.07, 6.45) is 3.84. The third kappa shape index (κ3) is 4.63. The molecule has 1 aromatic carbocycles. The topological polar surface area (TPSA) is 108 Å². The molecule has 0 radical (unpaired) electrons. The van der Waals surface area contributed by atoms with Crippen LogP contribution in [0.4, 0.5) is 5.00 Å². The highest BCUT2D eigenvalue weighted by atomic mass is 35.5. The molecule has 0 unspecified atom stereocenters. The minimum atomic E-state index is -0.753. The Morgan fingerprint density at radius 3 is 2.72 bits per heavy atom. The molecule has 4 rings (SSSR count). The second-order valence-corrected chi connectivity index (χ2v) is 9.70. The Balaban J connectivity index is 1.28. The fourth-order valence-electron chi connectivity index (χ4n) is 3.52. The van der Waals surface area contributed by atoms with Crippen LogP contribution in [0.2, 0.25) is 5.02 Å². The van der Waals surface area contributed by atoms with Gasteiger partial charge < -0.3 is 15.4 Å². The lowest BCUT2D eigenvalue weighted by atomic mass is 9.96. The highest BCUT2D eigenvalue weighted by molar-refractivity contribution is 7.21. The van der Waals surface area contributed by atoms with Crippen molar-refractivity contribution in [2.45, 2.75) is 25.7 Å². The number of nitrogens with zero attached hydrogens (tertiary/aromatic N) is 1. The Kier molecular flexibility index (Phi) is 6.74. The number of nitriles is 1. The summed E-state index contributed by atoms with van der Waals surface area (Å²) in [5.74, 6) is -1.77. The summed E-state index contributed by atoms with van der Waals surface area (Å²) in [6.45, 7) is -0.904. The molecule has 0 aliphatic heterocycles. The first-order valence-corrected chi connectivity index (χ1v) is 11.9. The Bertz CT molecular complexity index is 1260. The molecule has 32 heavy (non-hydrogen) atoms. The van der Waals surface area contributed by atoms with E-state index in [0.717, 1.165) is 46.2 Å². The minimum Gasteiger partial charge on any atom is -0.454 e. The largest absolute Gasteiger partial charge is 0.454 e. The molecule has 2 heterocycles. The molecule has 2 amide bonds. The average Bonchev–Trinajstić information content (AvgIpc) is 3.33. The maximum Gasteiger partial charge on any atom is 0.325 e. The predicted octanol–water partition coefficient (Wildman–Crippen LogP) is 4.28. The van der Waals surface area contributed by atoms with Gasteiger partial charge in [0.05, 0.1) is 10.6 Å². The van der Waals surface area contributed by atoms with E-state index in [1.807, 2.05) is 24.3 Å². The van der Waals surface area contributed by atoms with E-state index in [-0.39, 0.29) is 0 Å². The number of halogens is 1. The van der Waals surface area contributed by atoms with Gasteiger partial charge in [-0.05, 0) is 37.3 Å². The number of hydrogen-bond donors (Lipinski definition) is 2. The van der Waals surface area contributed by atoms with Gasteiger partial charge in [0.25, 0.3) is 11.8 Å². The van der Waals surface area contributed by atoms with E-state index in [1.54, 1.807) is 0 Å². The van der Waals surface area contributed by atoms with Crippen LogP contribution in [0.5, 0.6) is 0 Å². The van der Waals surface area contributed by atoms with Gasteiger partial charge in [-0.25, -0.2) is 0 Å². The van der Waals surface area contributed by atoms with Crippen molar-refractivity contribution in [2.24, 2.45) is 0 Å². The first-order chi connectivity index (χ1) is 15.5. The van der Waals surface area contributed by atoms with Gasteiger partial charge in [0.2, 0.25) is 0 Å². The van der Waals surface area contributed by atoms with Crippen LogP contribution in [0, 0.1) is 11.3 Å². The molecule has 7 nitrogen and oxygen atoms in total. The van der Waals surface area contributed by atoms with Gasteiger partial charge in [0.15, 0.2) is 6.61 Å². The lowest BCUT2D eigenvalue weighted by molar-refractivity contribution is -0.146. The number of carbonyl (C=O) groups is 3. The summed E-state index contributed by atoms with van der Waals surface area (Å²) in [5, 5.41) is 16.2. The lowest BCUT2D eigenvalue weighted by Gasteiger charge is -2.09. The number of carbonyl (C=O) groups excluding carboxylic acids is 3. The van der Waals surface area contributed by atoms with Crippen LogP contribution in [0.1, 0.15) is 38.5 Å². The Labute approximate surface area is 196 Å². The third-order valence-electron chi connectivity index (χ3n) is 5.03. The molecule has 0 saturated carbocycles. The van der Waals surface area contributed by atoms with E-state index in [2.05, 4.69) is 16.7 Å². The zero-order chi connectivity index (χ0) is 22.7. The smallest absolute Gasteiger partial charge is 0.325 e. The summed E-state index contributed by atoms with van der Waals surface area (Å²) >= 11 is 8.90. The van der Waals surface area contributed by atoms with Crippen LogP contribution in [0.15, 0.2) is 24.3 Å². The van der Waals surface area contributed by atoms with E-state index in [1.165, 1.54) is 22.7 Å². The van der Waals surface area contributed by atoms with Gasteiger partial charge in [0.1, 0.15) is 22.5 Å². The number of nitrogens with one attached hydrogen (secondary N) is 2. The van der Waals surface area contributed by atoms with Crippen LogP contribution < -0.4 is 10.6 Å². The second-order valence-electron chi connectivity index (χ2n) is 7.16. The molecule has 1 aliphatic carbocycles. The summed E-state index contributed by atoms with van der Waals surface area (Å²) in [7, 11) is 0. The summed E-state index contributed by atoms with van der Waals surface area (Å²) in [5.41, 5.74) is 1.51. The van der Waals surface area contributed by atoms with Crippen molar-refractivity contribution in [1.29, 1.82) is 5.26 Å². The van der Waals surface area contributed by atoms with E-state index < -0.39 is 30.9 Å². The molecule has 0 bridgehead atoms. The zero-order valence-electron chi connectivity index (χ0n) is 16.8. The number of hydrogen-bond acceptors (Lipinski definition) is 7. The van der Waals surface area contributed by atoms with Crippen LogP contribution in [-0.2, 0) is 27.2 Å². The molecule has 10 heteroatoms. The van der Waals surface area contributed by atoms with Crippen LogP contribution in [0.3, 0.4) is 0 Å². The first kappa shape index (κ1) is 22.3. The number of fused-ring (bicyclic) bond motifs is 2. The maximum absolute atomic E-state index is 12.4. The quantitative estimate of drug-likeness (QED) is 0.504. The third-order valence-corrected chi connectivity index (χ3v) is 7.92. The van der Waals surface area contributed by atoms with Crippen molar-refractivity contribution in [3.63, 3.8) is 0 Å². The summed E-state index contributed by atoms with van der Waals surface area (Å²) in [6, 6.07) is 9.53. The molecule has 0 fully saturated rings. The summed E-state index contributed by atoms with van der Waals surface area (Å²) < 4.78 is 5.82. The molecule has 0 saturated heterocycles. The lowest BCUT2D eigenvalue weighted by Crippen LogP contribution is -2.32. The van der Waals surface area contributed by atoms with E-state index in [4.69, 9.17) is 16.3 Å². The molecule has 2 aromatic heterocycles. The summed E-state index contributed by atoms with van der Waals surface area (Å²) in [4.78, 5) is 38.0. The number of ether oxygens (including phenoxy) is 1. The van der Waals surface area contributed by atoms with E-state index >= 15 is 0 Å². The molecular formula is C22H18ClN3O4S2. The molecule has 3 aromatic rings. The molecule has 164 valence electrons. The van der Waals surface area contributed by atoms with Gasteiger partial charge in [-0.3, -0.25) is 14.4 Å². The standard InChI is InChI=1S/C22H18ClN3O4S2/c23-19-13-6-2-4-8-16(13)31-20(19)21(29)25-10-18(28)30-11-17(27)26-22-14(9-24)12-5-1-3-7-15(12)32-22/h2,4,6,8H,1,3,5,7,10-11H2,(H,25,29)(H,26,27). The normalized spacial score (nSPS) is 12.6. The molecule has 2 N–H and O–H groups in total. The monoisotopic (exact) mass is 487 g/mol. The van der Waals surface area contributed by atoms with Crippen molar-refractivity contribution in [1.82, 2.24) is 5.32 Å². The average molecular weight is 488 g/mol. The second kappa shape index (κ2) is 9.69. The number of benzene rings is 1.